The third-order valence-corrected chi connectivity index (χ3v) is 6.03. The van der Waals surface area contributed by atoms with Gasteiger partial charge in [0.05, 0.1) is 0 Å². The quantitative estimate of drug-likeness (QED) is 0.306. The predicted molar refractivity (Wildman–Crippen MR) is 121 cm³/mol. The van der Waals surface area contributed by atoms with Crippen molar-refractivity contribution in [1.29, 1.82) is 0 Å². The van der Waals surface area contributed by atoms with E-state index in [0.717, 1.165) is 0 Å². The number of hydrogen-bond donors (Lipinski definition) is 0. The molecule has 22 heavy (non-hydrogen) atoms. The van der Waals surface area contributed by atoms with Gasteiger partial charge in [-0.2, -0.15) is 0 Å². The van der Waals surface area contributed by atoms with Crippen LogP contribution in [0.1, 0.15) is 0 Å². The molecule has 0 amide bonds. The molecule has 3 aromatic carbocycles. The molecule has 110 valence electrons. The fourth-order valence-electron chi connectivity index (χ4n) is 2.34. The molecule has 0 fully saturated rings. The molecule has 0 saturated heterocycles. The van der Waals surface area contributed by atoms with E-state index >= 15 is 0 Å². The normalized spacial score (nSPS) is 10.7. The zero-order valence-corrected chi connectivity index (χ0v) is 18.3. The minimum atomic E-state index is 1.21. The van der Waals surface area contributed by atoms with Crippen LogP contribution < -0.4 is 10.6 Å². The number of hydrogen-bond acceptors (Lipinski definition) is 0. The fraction of sp³-hybridized carbons (Fsp3) is 0. The Bertz CT molecular complexity index is 827. The van der Waals surface area contributed by atoms with E-state index in [1.165, 1.54) is 40.0 Å². The zero-order valence-electron chi connectivity index (χ0n) is 11.7. The van der Waals surface area contributed by atoms with Crippen LogP contribution >= 0.6 is 63.7 Å². The van der Waals surface area contributed by atoms with Crippen LogP contribution in [0.15, 0.2) is 60.7 Å². The summed E-state index contributed by atoms with van der Waals surface area (Å²) in [5, 5.41) is 2.43. The van der Waals surface area contributed by atoms with Crippen molar-refractivity contribution in [2.75, 3.05) is 0 Å². The molecule has 2 unspecified atom stereocenters. The van der Waals surface area contributed by atoms with Gasteiger partial charge in [0.2, 0.25) is 0 Å². The summed E-state index contributed by atoms with van der Waals surface area (Å²) in [5.41, 5.74) is 5.10. The second-order valence-corrected chi connectivity index (χ2v) is 8.71. The van der Waals surface area contributed by atoms with Crippen LogP contribution in [0.25, 0.3) is 22.3 Å². The number of rotatable bonds is 2. The monoisotopic (exact) mass is 546 g/mol. The Kier molecular flexibility index (Phi) is 5.55. The van der Waals surface area contributed by atoms with Crippen LogP contribution in [0.2, 0.25) is 0 Å². The first-order valence-corrected chi connectivity index (χ1v) is 10.1. The van der Waals surface area contributed by atoms with Gasteiger partial charge in [-0.1, -0.05) is 48.5 Å². The molecule has 4 heteroatoms. The maximum Gasteiger partial charge on any atom is 0.0215 e. The molecule has 3 rings (SSSR count). The SMILES string of the molecule is Pc1ccc(-c2ccc(-c3ccc(P)cc3I)c(I)c2)cc1. The molecule has 0 saturated carbocycles. The summed E-state index contributed by atoms with van der Waals surface area (Å²) in [7, 11) is 5.48. The lowest BCUT2D eigenvalue weighted by molar-refractivity contribution is 1.55. The Morgan fingerprint density at radius 1 is 0.545 bits per heavy atom. The standard InChI is InChI=1S/C18H14I2P2/c19-17-9-12(11-1-4-13(21)5-2-11)3-7-15(17)16-8-6-14(22)10-18(16)20/h1-10H,21-22H2. The van der Waals surface area contributed by atoms with E-state index in [-0.39, 0.29) is 0 Å². The van der Waals surface area contributed by atoms with E-state index in [0.29, 0.717) is 0 Å². The van der Waals surface area contributed by atoms with Gasteiger partial charge in [0, 0.05) is 7.14 Å². The third-order valence-electron chi connectivity index (χ3n) is 3.50. The smallest absolute Gasteiger partial charge is 0.0215 e. The molecule has 3 aromatic rings. The average Bonchev–Trinajstić information content (AvgIpc) is 2.49. The van der Waals surface area contributed by atoms with Crippen molar-refractivity contribution in [3.05, 3.63) is 67.8 Å². The molecule has 0 heterocycles. The predicted octanol–water partition coefficient (Wildman–Crippen LogP) is 5.23. The van der Waals surface area contributed by atoms with Crippen LogP contribution in [0, 0.1) is 7.14 Å². The highest BCUT2D eigenvalue weighted by Crippen LogP contribution is 2.32. The molecule has 0 nitrogen and oxygen atoms in total. The van der Waals surface area contributed by atoms with Gasteiger partial charge in [0.25, 0.3) is 0 Å². The van der Waals surface area contributed by atoms with Gasteiger partial charge in [0.1, 0.15) is 0 Å². The molecule has 0 aliphatic heterocycles. The van der Waals surface area contributed by atoms with Gasteiger partial charge >= 0.3 is 0 Å². The van der Waals surface area contributed by atoms with Crippen molar-refractivity contribution in [1.82, 2.24) is 0 Å². The zero-order chi connectivity index (χ0) is 15.7. The molecule has 0 aliphatic rings. The van der Waals surface area contributed by atoms with Crippen molar-refractivity contribution in [2.24, 2.45) is 0 Å². The van der Waals surface area contributed by atoms with Crippen LogP contribution in [-0.2, 0) is 0 Å². The first-order valence-electron chi connectivity index (χ1n) is 6.75. The molecule has 2 atom stereocenters. The van der Waals surface area contributed by atoms with E-state index in [1.807, 2.05) is 0 Å². The third kappa shape index (κ3) is 3.72. The maximum atomic E-state index is 2.75. The van der Waals surface area contributed by atoms with Crippen LogP contribution in [0.4, 0.5) is 0 Å². The second-order valence-electron chi connectivity index (χ2n) is 5.06. The van der Waals surface area contributed by atoms with Gasteiger partial charge in [-0.05, 0) is 90.2 Å². The van der Waals surface area contributed by atoms with E-state index in [1.54, 1.807) is 0 Å². The van der Waals surface area contributed by atoms with Gasteiger partial charge in [0.15, 0.2) is 0 Å². The van der Waals surface area contributed by atoms with Crippen LogP contribution in [0.5, 0.6) is 0 Å². The molecule has 0 spiro atoms. The molecular weight excluding hydrogens is 532 g/mol. The Morgan fingerprint density at radius 3 is 1.64 bits per heavy atom. The summed E-state index contributed by atoms with van der Waals surface area (Å²) in [6.07, 6.45) is 0. The van der Waals surface area contributed by atoms with Gasteiger partial charge in [-0.15, -0.1) is 18.5 Å². The molecule has 0 radical (unpaired) electrons. The first kappa shape index (κ1) is 16.8. The average molecular weight is 546 g/mol. The lowest BCUT2D eigenvalue weighted by atomic mass is 10.0. The lowest BCUT2D eigenvalue weighted by Crippen LogP contribution is -1.95. The maximum absolute atomic E-state index is 2.75. The van der Waals surface area contributed by atoms with E-state index in [9.17, 15) is 0 Å². The Balaban J connectivity index is 2.04. The summed E-state index contributed by atoms with van der Waals surface area (Å²) >= 11 is 4.85. The Labute approximate surface area is 163 Å². The highest BCUT2D eigenvalue weighted by atomic mass is 127. The summed E-state index contributed by atoms with van der Waals surface area (Å²) in [5.74, 6) is 0. The summed E-state index contributed by atoms with van der Waals surface area (Å²) in [6.45, 7) is 0. The summed E-state index contributed by atoms with van der Waals surface area (Å²) in [4.78, 5) is 0. The van der Waals surface area contributed by atoms with E-state index in [2.05, 4.69) is 124 Å². The van der Waals surface area contributed by atoms with Crippen molar-refractivity contribution in [3.63, 3.8) is 0 Å². The Morgan fingerprint density at radius 2 is 1.05 bits per heavy atom. The molecule has 0 N–H and O–H groups in total. The second kappa shape index (κ2) is 7.25. The highest BCUT2D eigenvalue weighted by Gasteiger charge is 2.09. The Hall–Kier alpha value is -0.0200. The summed E-state index contributed by atoms with van der Waals surface area (Å²) < 4.78 is 2.56. The van der Waals surface area contributed by atoms with Crippen molar-refractivity contribution >= 4 is 74.3 Å². The lowest BCUT2D eigenvalue weighted by Gasteiger charge is -2.11. The van der Waals surface area contributed by atoms with E-state index in [4.69, 9.17) is 0 Å². The molecule has 0 bridgehead atoms. The van der Waals surface area contributed by atoms with Gasteiger partial charge in [-0.3, -0.25) is 0 Å². The minimum Gasteiger partial charge on any atom is -0.106 e. The first-order chi connectivity index (χ1) is 10.5. The van der Waals surface area contributed by atoms with Crippen molar-refractivity contribution in [3.8, 4) is 22.3 Å². The topological polar surface area (TPSA) is 0 Å². The highest BCUT2D eigenvalue weighted by molar-refractivity contribution is 14.1. The summed E-state index contributed by atoms with van der Waals surface area (Å²) in [6, 6.07) is 21.8. The van der Waals surface area contributed by atoms with Crippen molar-refractivity contribution in [2.45, 2.75) is 0 Å². The van der Waals surface area contributed by atoms with Crippen LogP contribution in [-0.4, -0.2) is 0 Å². The van der Waals surface area contributed by atoms with E-state index < -0.39 is 0 Å². The van der Waals surface area contributed by atoms with Gasteiger partial charge in [-0.25, -0.2) is 0 Å². The molecule has 0 aromatic heterocycles. The number of benzene rings is 3. The number of halogens is 2. The largest absolute Gasteiger partial charge is 0.106 e. The molecule has 0 aliphatic carbocycles. The van der Waals surface area contributed by atoms with Crippen LogP contribution in [0.3, 0.4) is 0 Å². The fourth-order valence-corrected chi connectivity index (χ4v) is 4.77. The van der Waals surface area contributed by atoms with Gasteiger partial charge < -0.3 is 0 Å². The minimum absolute atomic E-state index is 1.21. The molecular formula is C18H14I2P2. The van der Waals surface area contributed by atoms with Crippen molar-refractivity contribution < 1.29 is 0 Å².